The van der Waals surface area contributed by atoms with Crippen molar-refractivity contribution in [3.8, 4) is 0 Å². The normalized spacial score (nSPS) is 14.2. The van der Waals surface area contributed by atoms with Crippen LogP contribution < -0.4 is 5.32 Å². The van der Waals surface area contributed by atoms with Gasteiger partial charge in [-0.05, 0) is 42.9 Å². The van der Waals surface area contributed by atoms with Gasteiger partial charge in [-0.3, -0.25) is 4.98 Å². The van der Waals surface area contributed by atoms with Crippen LogP contribution in [0.25, 0.3) is 0 Å². The van der Waals surface area contributed by atoms with Crippen LogP contribution in [0.1, 0.15) is 24.2 Å². The van der Waals surface area contributed by atoms with E-state index >= 15 is 0 Å². The first-order valence-electron chi connectivity index (χ1n) is 6.96. The van der Waals surface area contributed by atoms with Crippen molar-refractivity contribution in [1.82, 2.24) is 15.0 Å². The first kappa shape index (κ1) is 13.3. The minimum atomic E-state index is 0.516. The number of nitrogens with zero attached hydrogens (tertiary/aromatic N) is 3. The first-order valence-corrected chi connectivity index (χ1v) is 7.33. The quantitative estimate of drug-likeness (QED) is 0.830. The molecule has 104 valence electrons. The molecule has 20 heavy (non-hydrogen) atoms. The molecular weight excluding hydrogens is 272 g/mol. The van der Waals surface area contributed by atoms with Gasteiger partial charge in [0.25, 0.3) is 0 Å². The monoisotopic (exact) mass is 288 g/mol. The minimum absolute atomic E-state index is 0.516. The number of anilines is 1. The van der Waals surface area contributed by atoms with Gasteiger partial charge >= 0.3 is 0 Å². The molecule has 1 saturated carbocycles. The maximum Gasteiger partial charge on any atom is 0.134 e. The average molecular weight is 289 g/mol. The Hall–Kier alpha value is -1.68. The molecule has 2 aromatic rings. The maximum atomic E-state index is 6.05. The van der Waals surface area contributed by atoms with Crippen LogP contribution in [0.4, 0.5) is 5.82 Å². The minimum Gasteiger partial charge on any atom is -0.370 e. The van der Waals surface area contributed by atoms with Crippen molar-refractivity contribution in [3.63, 3.8) is 0 Å². The van der Waals surface area contributed by atoms with Gasteiger partial charge in [0.05, 0.1) is 0 Å². The summed E-state index contributed by atoms with van der Waals surface area (Å²) < 4.78 is 0. The standard InChI is InChI=1S/C15H17ClN4/c16-13-10-14(20-15(19-13)9-12-1-2-12)18-8-5-11-3-6-17-7-4-11/h3-4,6-7,10,12H,1-2,5,8-9H2,(H,18,19,20). The summed E-state index contributed by atoms with van der Waals surface area (Å²) >= 11 is 6.05. The van der Waals surface area contributed by atoms with Crippen molar-refractivity contribution in [3.05, 3.63) is 47.1 Å². The van der Waals surface area contributed by atoms with Crippen LogP contribution in [0.2, 0.25) is 5.15 Å². The summed E-state index contributed by atoms with van der Waals surface area (Å²) in [5.41, 5.74) is 1.26. The van der Waals surface area contributed by atoms with Gasteiger partial charge in [-0.1, -0.05) is 11.6 Å². The van der Waals surface area contributed by atoms with E-state index in [0.29, 0.717) is 5.15 Å². The molecule has 1 fully saturated rings. The van der Waals surface area contributed by atoms with Crippen LogP contribution in [0.5, 0.6) is 0 Å². The van der Waals surface area contributed by atoms with E-state index in [9.17, 15) is 0 Å². The van der Waals surface area contributed by atoms with Crippen LogP contribution >= 0.6 is 11.6 Å². The number of aromatic nitrogens is 3. The van der Waals surface area contributed by atoms with Crippen LogP contribution in [0.3, 0.4) is 0 Å². The summed E-state index contributed by atoms with van der Waals surface area (Å²) in [6, 6.07) is 5.82. The number of hydrogen-bond acceptors (Lipinski definition) is 4. The van der Waals surface area contributed by atoms with Crippen LogP contribution in [-0.4, -0.2) is 21.5 Å². The molecule has 1 aliphatic carbocycles. The fourth-order valence-electron chi connectivity index (χ4n) is 2.11. The Balaban J connectivity index is 1.57. The number of nitrogens with one attached hydrogen (secondary N) is 1. The van der Waals surface area contributed by atoms with Crippen molar-refractivity contribution in [2.45, 2.75) is 25.7 Å². The van der Waals surface area contributed by atoms with Gasteiger partial charge in [0.15, 0.2) is 0 Å². The summed E-state index contributed by atoms with van der Waals surface area (Å²) in [7, 11) is 0. The highest BCUT2D eigenvalue weighted by Crippen LogP contribution is 2.32. The van der Waals surface area contributed by atoms with Crippen molar-refractivity contribution in [1.29, 1.82) is 0 Å². The average Bonchev–Trinajstić information content (AvgIpc) is 3.23. The van der Waals surface area contributed by atoms with Gasteiger partial charge in [-0.25, -0.2) is 9.97 Å². The Morgan fingerprint density at radius 3 is 2.75 bits per heavy atom. The second-order valence-electron chi connectivity index (χ2n) is 5.17. The zero-order chi connectivity index (χ0) is 13.8. The van der Waals surface area contributed by atoms with E-state index in [0.717, 1.165) is 36.9 Å². The third kappa shape index (κ3) is 3.90. The zero-order valence-electron chi connectivity index (χ0n) is 11.2. The topological polar surface area (TPSA) is 50.7 Å². The molecule has 0 aromatic carbocycles. The molecule has 0 atom stereocenters. The van der Waals surface area contributed by atoms with Crippen molar-refractivity contribution < 1.29 is 0 Å². The fraction of sp³-hybridized carbons (Fsp3) is 0.400. The number of rotatable bonds is 6. The molecule has 5 heteroatoms. The molecule has 2 aromatic heterocycles. The van der Waals surface area contributed by atoms with Gasteiger partial charge in [0.2, 0.25) is 0 Å². The van der Waals surface area contributed by atoms with Gasteiger partial charge in [0.1, 0.15) is 16.8 Å². The smallest absolute Gasteiger partial charge is 0.134 e. The van der Waals surface area contributed by atoms with E-state index in [4.69, 9.17) is 11.6 Å². The lowest BCUT2D eigenvalue weighted by molar-refractivity contribution is 0.769. The highest BCUT2D eigenvalue weighted by atomic mass is 35.5. The Kier molecular flexibility index (Phi) is 4.11. The largest absolute Gasteiger partial charge is 0.370 e. The van der Waals surface area contributed by atoms with E-state index in [2.05, 4.69) is 20.3 Å². The molecular formula is C15H17ClN4. The van der Waals surface area contributed by atoms with Gasteiger partial charge in [0, 0.05) is 31.4 Å². The molecule has 0 aliphatic heterocycles. The molecule has 0 spiro atoms. The lowest BCUT2D eigenvalue weighted by Crippen LogP contribution is -2.08. The van der Waals surface area contributed by atoms with E-state index in [1.807, 2.05) is 24.5 Å². The Morgan fingerprint density at radius 2 is 2.00 bits per heavy atom. The maximum absolute atomic E-state index is 6.05. The van der Waals surface area contributed by atoms with E-state index < -0.39 is 0 Å². The van der Waals surface area contributed by atoms with Gasteiger partial charge < -0.3 is 5.32 Å². The summed E-state index contributed by atoms with van der Waals surface area (Å²) in [6.07, 6.45) is 8.08. The molecule has 0 saturated heterocycles. The highest BCUT2D eigenvalue weighted by molar-refractivity contribution is 6.29. The van der Waals surface area contributed by atoms with E-state index in [1.165, 1.54) is 18.4 Å². The Labute approximate surface area is 123 Å². The van der Waals surface area contributed by atoms with E-state index in [-0.39, 0.29) is 0 Å². The van der Waals surface area contributed by atoms with Gasteiger partial charge in [-0.2, -0.15) is 0 Å². The molecule has 2 heterocycles. The van der Waals surface area contributed by atoms with Crippen LogP contribution in [0, 0.1) is 5.92 Å². The predicted molar refractivity (Wildman–Crippen MR) is 79.9 cm³/mol. The van der Waals surface area contributed by atoms with Crippen LogP contribution in [-0.2, 0) is 12.8 Å². The molecule has 1 aliphatic rings. The lowest BCUT2D eigenvalue weighted by atomic mass is 10.2. The fourth-order valence-corrected chi connectivity index (χ4v) is 2.31. The molecule has 0 bridgehead atoms. The lowest BCUT2D eigenvalue weighted by Gasteiger charge is -2.08. The number of pyridine rings is 1. The third-order valence-corrected chi connectivity index (χ3v) is 3.57. The first-order chi connectivity index (χ1) is 9.79. The summed E-state index contributed by atoms with van der Waals surface area (Å²) in [4.78, 5) is 12.8. The number of halogens is 1. The molecule has 0 unspecified atom stereocenters. The van der Waals surface area contributed by atoms with Crippen molar-refractivity contribution in [2.24, 2.45) is 5.92 Å². The molecule has 0 radical (unpaired) electrons. The molecule has 4 nitrogen and oxygen atoms in total. The van der Waals surface area contributed by atoms with Crippen LogP contribution in [0.15, 0.2) is 30.6 Å². The molecule has 3 rings (SSSR count). The summed E-state index contributed by atoms with van der Waals surface area (Å²) in [5, 5.41) is 3.83. The number of hydrogen-bond donors (Lipinski definition) is 1. The second kappa shape index (κ2) is 6.18. The summed E-state index contributed by atoms with van der Waals surface area (Å²) in [6.45, 7) is 0.820. The molecule has 1 N–H and O–H groups in total. The highest BCUT2D eigenvalue weighted by Gasteiger charge is 2.23. The Morgan fingerprint density at radius 1 is 1.20 bits per heavy atom. The van der Waals surface area contributed by atoms with E-state index in [1.54, 1.807) is 6.07 Å². The zero-order valence-corrected chi connectivity index (χ0v) is 12.0. The Bertz CT molecular complexity index is 569. The van der Waals surface area contributed by atoms with Crippen molar-refractivity contribution >= 4 is 17.4 Å². The molecule has 0 amide bonds. The van der Waals surface area contributed by atoms with Crippen molar-refractivity contribution in [2.75, 3.05) is 11.9 Å². The van der Waals surface area contributed by atoms with Gasteiger partial charge in [-0.15, -0.1) is 0 Å². The summed E-state index contributed by atoms with van der Waals surface area (Å²) in [5.74, 6) is 2.43. The SMILES string of the molecule is Clc1cc(NCCc2ccncc2)nc(CC2CC2)n1. The predicted octanol–water partition coefficient (Wildman–Crippen LogP) is 3.13. The third-order valence-electron chi connectivity index (χ3n) is 3.38. The second-order valence-corrected chi connectivity index (χ2v) is 5.56.